The summed E-state index contributed by atoms with van der Waals surface area (Å²) in [7, 11) is 0. The third kappa shape index (κ3) is 2.03. The van der Waals surface area contributed by atoms with Crippen molar-refractivity contribution >= 4 is 5.71 Å². The van der Waals surface area contributed by atoms with Crippen LogP contribution in [-0.2, 0) is 0 Å². The molecule has 0 aliphatic rings. The van der Waals surface area contributed by atoms with Crippen LogP contribution in [0.2, 0.25) is 0 Å². The van der Waals surface area contributed by atoms with Crippen LogP contribution >= 0.6 is 0 Å². The van der Waals surface area contributed by atoms with Gasteiger partial charge in [-0.25, -0.2) is 8.78 Å². The standard InChI is InChI=1S/C4H5F2N/c1-3(6)4(7)2-5/h7H,1-2H2. The van der Waals surface area contributed by atoms with Crippen LogP contribution in [0.3, 0.4) is 0 Å². The zero-order valence-electron chi connectivity index (χ0n) is 3.67. The molecule has 40 valence electrons. The van der Waals surface area contributed by atoms with E-state index in [0.29, 0.717) is 0 Å². The van der Waals surface area contributed by atoms with E-state index < -0.39 is 18.2 Å². The Morgan fingerprint density at radius 2 is 2.14 bits per heavy atom. The molecule has 0 bridgehead atoms. The Balaban J connectivity index is 3.58. The summed E-state index contributed by atoms with van der Waals surface area (Å²) in [6.45, 7) is 1.62. The van der Waals surface area contributed by atoms with Gasteiger partial charge in [-0.3, -0.25) is 5.41 Å². The van der Waals surface area contributed by atoms with Crippen LogP contribution in [0.15, 0.2) is 12.4 Å². The van der Waals surface area contributed by atoms with E-state index in [2.05, 4.69) is 6.58 Å². The second kappa shape index (κ2) is 2.44. The summed E-state index contributed by atoms with van der Waals surface area (Å²) >= 11 is 0. The van der Waals surface area contributed by atoms with Gasteiger partial charge in [-0.2, -0.15) is 0 Å². The summed E-state index contributed by atoms with van der Waals surface area (Å²) in [6, 6.07) is 0. The second-order valence-corrected chi connectivity index (χ2v) is 1.02. The lowest BCUT2D eigenvalue weighted by atomic mass is 10.4. The van der Waals surface area contributed by atoms with Crippen LogP contribution < -0.4 is 0 Å². The summed E-state index contributed by atoms with van der Waals surface area (Å²) in [4.78, 5) is 0. The molecule has 0 radical (unpaired) electrons. The highest BCUT2D eigenvalue weighted by Gasteiger charge is 1.96. The number of allylic oxidation sites excluding steroid dienone is 1. The molecule has 0 saturated carbocycles. The van der Waals surface area contributed by atoms with E-state index in [4.69, 9.17) is 5.41 Å². The summed E-state index contributed by atoms with van der Waals surface area (Å²) in [5.74, 6) is -0.998. The van der Waals surface area contributed by atoms with Gasteiger partial charge in [0.25, 0.3) is 0 Å². The molecule has 0 saturated heterocycles. The van der Waals surface area contributed by atoms with Gasteiger partial charge in [-0.1, -0.05) is 6.58 Å². The van der Waals surface area contributed by atoms with Crippen molar-refractivity contribution in [2.45, 2.75) is 0 Å². The molecule has 0 aromatic heterocycles. The van der Waals surface area contributed by atoms with Crippen molar-refractivity contribution in [3.05, 3.63) is 12.4 Å². The largest absolute Gasteiger partial charge is 0.300 e. The van der Waals surface area contributed by atoms with E-state index >= 15 is 0 Å². The highest BCUT2D eigenvalue weighted by Crippen LogP contribution is 1.92. The zero-order chi connectivity index (χ0) is 5.86. The van der Waals surface area contributed by atoms with Crippen molar-refractivity contribution in [1.82, 2.24) is 0 Å². The van der Waals surface area contributed by atoms with E-state index in [-0.39, 0.29) is 0 Å². The number of alkyl halides is 1. The molecule has 0 unspecified atom stereocenters. The van der Waals surface area contributed by atoms with E-state index in [1.807, 2.05) is 0 Å². The predicted molar refractivity (Wildman–Crippen MR) is 23.9 cm³/mol. The second-order valence-electron chi connectivity index (χ2n) is 1.02. The quantitative estimate of drug-likeness (QED) is 0.514. The molecule has 0 aliphatic carbocycles. The number of hydrogen-bond acceptors (Lipinski definition) is 1. The maximum absolute atomic E-state index is 11.4. The fraction of sp³-hybridized carbons (Fsp3) is 0.250. The van der Waals surface area contributed by atoms with Gasteiger partial charge >= 0.3 is 0 Å². The van der Waals surface area contributed by atoms with Gasteiger partial charge in [0, 0.05) is 0 Å². The molecule has 0 spiro atoms. The maximum Gasteiger partial charge on any atom is 0.139 e. The Morgan fingerprint density at radius 1 is 1.71 bits per heavy atom. The monoisotopic (exact) mass is 105 g/mol. The number of hydrogen-bond donors (Lipinski definition) is 1. The third-order valence-electron chi connectivity index (χ3n) is 0.461. The predicted octanol–water partition coefficient (Wildman–Crippen LogP) is 1.46. The van der Waals surface area contributed by atoms with Crippen LogP contribution in [0.5, 0.6) is 0 Å². The number of rotatable bonds is 2. The molecule has 0 fully saturated rings. The lowest BCUT2D eigenvalue weighted by Gasteiger charge is -1.85. The molecule has 1 nitrogen and oxygen atoms in total. The molecule has 0 aliphatic heterocycles. The molecule has 0 rings (SSSR count). The fourth-order valence-corrected chi connectivity index (χ4v) is 0.0725. The van der Waals surface area contributed by atoms with Crippen molar-refractivity contribution in [3.63, 3.8) is 0 Å². The van der Waals surface area contributed by atoms with Gasteiger partial charge in [-0.05, 0) is 0 Å². The minimum atomic E-state index is -1.07. The minimum absolute atomic E-state index is 0.681. The van der Waals surface area contributed by atoms with Crippen LogP contribution in [0.25, 0.3) is 0 Å². The van der Waals surface area contributed by atoms with Gasteiger partial charge in [-0.15, -0.1) is 0 Å². The Hall–Kier alpha value is -0.730. The first-order valence-corrected chi connectivity index (χ1v) is 1.66. The Bertz CT molecular complexity index is 97.9. The minimum Gasteiger partial charge on any atom is -0.300 e. The Labute approximate surface area is 40.2 Å². The van der Waals surface area contributed by atoms with Gasteiger partial charge in [0.05, 0.1) is 5.71 Å². The molecule has 7 heavy (non-hydrogen) atoms. The molecule has 0 amide bonds. The van der Waals surface area contributed by atoms with E-state index in [1.54, 1.807) is 0 Å². The molecule has 1 N–H and O–H groups in total. The van der Waals surface area contributed by atoms with Gasteiger partial charge in [0.15, 0.2) is 0 Å². The highest BCUT2D eigenvalue weighted by atomic mass is 19.1. The first kappa shape index (κ1) is 6.27. The van der Waals surface area contributed by atoms with Gasteiger partial charge < -0.3 is 0 Å². The van der Waals surface area contributed by atoms with E-state index in [0.717, 1.165) is 0 Å². The highest BCUT2D eigenvalue weighted by molar-refractivity contribution is 5.95. The molecule has 3 heteroatoms. The number of halogens is 2. The van der Waals surface area contributed by atoms with Crippen molar-refractivity contribution in [2.75, 3.05) is 6.67 Å². The third-order valence-corrected chi connectivity index (χ3v) is 0.461. The lowest BCUT2D eigenvalue weighted by Crippen LogP contribution is -1.96. The smallest absolute Gasteiger partial charge is 0.139 e. The SMILES string of the molecule is C=C(F)C(=N)CF. The molecule has 0 heterocycles. The summed E-state index contributed by atoms with van der Waals surface area (Å²) < 4.78 is 22.5. The normalized spacial score (nSPS) is 8.29. The molecule has 0 aromatic carbocycles. The zero-order valence-corrected chi connectivity index (χ0v) is 3.67. The van der Waals surface area contributed by atoms with Crippen LogP contribution in [0.1, 0.15) is 0 Å². The first-order chi connectivity index (χ1) is 3.18. The average Bonchev–Trinajstić information content (AvgIpc) is 1.65. The lowest BCUT2D eigenvalue weighted by molar-refractivity contribution is 0.567. The Morgan fingerprint density at radius 3 is 2.14 bits per heavy atom. The van der Waals surface area contributed by atoms with Crippen LogP contribution in [-0.4, -0.2) is 12.4 Å². The van der Waals surface area contributed by atoms with Gasteiger partial charge in [0.2, 0.25) is 0 Å². The van der Waals surface area contributed by atoms with E-state index in [9.17, 15) is 8.78 Å². The summed E-state index contributed by atoms with van der Waals surface area (Å²) in [6.07, 6.45) is 0. The van der Waals surface area contributed by atoms with Crippen molar-refractivity contribution in [3.8, 4) is 0 Å². The summed E-state index contributed by atoms with van der Waals surface area (Å²) in [5.41, 5.74) is -0.681. The maximum atomic E-state index is 11.4. The average molecular weight is 105 g/mol. The van der Waals surface area contributed by atoms with Crippen molar-refractivity contribution < 1.29 is 8.78 Å². The molecular formula is C4H5F2N. The van der Waals surface area contributed by atoms with Crippen molar-refractivity contribution in [1.29, 1.82) is 5.41 Å². The molecule has 0 atom stereocenters. The van der Waals surface area contributed by atoms with Gasteiger partial charge in [0.1, 0.15) is 12.5 Å². The first-order valence-electron chi connectivity index (χ1n) is 1.66. The Kier molecular flexibility index (Phi) is 2.19. The topological polar surface area (TPSA) is 23.9 Å². The van der Waals surface area contributed by atoms with E-state index in [1.165, 1.54) is 0 Å². The fourth-order valence-electron chi connectivity index (χ4n) is 0.0725. The molecular weight excluding hydrogens is 100 g/mol. The number of nitrogens with one attached hydrogen (secondary N) is 1. The molecule has 0 aromatic rings. The van der Waals surface area contributed by atoms with Crippen molar-refractivity contribution in [2.24, 2.45) is 0 Å². The van der Waals surface area contributed by atoms with Crippen LogP contribution in [0, 0.1) is 5.41 Å². The van der Waals surface area contributed by atoms with Crippen LogP contribution in [0.4, 0.5) is 8.78 Å². The summed E-state index contributed by atoms with van der Waals surface area (Å²) in [5, 5.41) is 6.34.